The van der Waals surface area contributed by atoms with Crippen LogP contribution in [0.25, 0.3) is 10.8 Å². The Bertz CT molecular complexity index is 630. The highest BCUT2D eigenvalue weighted by Crippen LogP contribution is 2.17. The van der Waals surface area contributed by atoms with E-state index in [9.17, 15) is 4.79 Å². The van der Waals surface area contributed by atoms with E-state index in [1.807, 2.05) is 30.3 Å². The van der Waals surface area contributed by atoms with Gasteiger partial charge in [0.2, 0.25) is 0 Å². The Labute approximate surface area is 118 Å². The van der Waals surface area contributed by atoms with Crippen molar-refractivity contribution in [3.63, 3.8) is 0 Å². The highest BCUT2D eigenvalue weighted by molar-refractivity contribution is 5.82. The molecule has 2 aromatic rings. The van der Waals surface area contributed by atoms with Gasteiger partial charge in [-0.25, -0.2) is 0 Å². The van der Waals surface area contributed by atoms with Gasteiger partial charge in [-0.15, -0.1) is 0 Å². The summed E-state index contributed by atoms with van der Waals surface area (Å²) in [5.74, 6) is 1.26. The number of piperidine rings is 1. The lowest BCUT2D eigenvalue weighted by Gasteiger charge is -2.22. The standard InChI is InChI=1S/C16H20N2O2/c19-16-14-6-2-1-5-13(14)10-15(18-16)20-9-7-12-4-3-8-17-11-12/h1-2,5-6,10,12,17H,3-4,7-9,11H2,(H,18,19). The summed E-state index contributed by atoms with van der Waals surface area (Å²) in [5, 5.41) is 5.03. The van der Waals surface area contributed by atoms with Crippen molar-refractivity contribution in [2.75, 3.05) is 19.7 Å². The van der Waals surface area contributed by atoms with Crippen molar-refractivity contribution in [2.24, 2.45) is 5.92 Å². The lowest BCUT2D eigenvalue weighted by atomic mass is 9.97. The van der Waals surface area contributed by atoms with Crippen LogP contribution in [0.4, 0.5) is 0 Å². The van der Waals surface area contributed by atoms with E-state index < -0.39 is 0 Å². The molecule has 0 amide bonds. The molecule has 106 valence electrons. The molecule has 0 saturated carbocycles. The van der Waals surface area contributed by atoms with Gasteiger partial charge < -0.3 is 10.1 Å². The van der Waals surface area contributed by atoms with Gasteiger partial charge in [0.1, 0.15) is 0 Å². The predicted molar refractivity (Wildman–Crippen MR) is 80.3 cm³/mol. The minimum Gasteiger partial charge on any atom is -0.479 e. The SMILES string of the molecule is O=c1[nH]c(OCCC2CCCNC2)cc2ccccc12. The van der Waals surface area contributed by atoms with E-state index in [-0.39, 0.29) is 5.56 Å². The average molecular weight is 272 g/mol. The summed E-state index contributed by atoms with van der Waals surface area (Å²) in [6.45, 7) is 2.87. The van der Waals surface area contributed by atoms with Gasteiger partial charge in [0.05, 0.1) is 6.61 Å². The molecule has 1 aliphatic heterocycles. The Hall–Kier alpha value is -1.81. The van der Waals surface area contributed by atoms with E-state index in [0.29, 0.717) is 23.8 Å². The molecule has 1 unspecified atom stereocenters. The molecule has 1 atom stereocenters. The van der Waals surface area contributed by atoms with Crippen LogP contribution in [-0.4, -0.2) is 24.7 Å². The number of ether oxygens (including phenoxy) is 1. The van der Waals surface area contributed by atoms with E-state index in [0.717, 1.165) is 24.9 Å². The maximum atomic E-state index is 11.9. The van der Waals surface area contributed by atoms with Gasteiger partial charge >= 0.3 is 0 Å². The molecule has 0 aliphatic carbocycles. The first-order valence-electron chi connectivity index (χ1n) is 7.28. The largest absolute Gasteiger partial charge is 0.479 e. The third kappa shape index (κ3) is 3.02. The van der Waals surface area contributed by atoms with Crippen molar-refractivity contribution in [3.8, 4) is 5.88 Å². The average Bonchev–Trinajstić information content (AvgIpc) is 2.48. The van der Waals surface area contributed by atoms with Crippen LogP contribution in [0.2, 0.25) is 0 Å². The minimum absolute atomic E-state index is 0.0857. The molecule has 1 saturated heterocycles. The number of rotatable bonds is 4. The van der Waals surface area contributed by atoms with E-state index in [1.54, 1.807) is 0 Å². The first-order chi connectivity index (χ1) is 9.83. The molecular formula is C16H20N2O2. The Morgan fingerprint density at radius 2 is 2.20 bits per heavy atom. The van der Waals surface area contributed by atoms with Crippen LogP contribution in [0.15, 0.2) is 35.1 Å². The molecule has 1 fully saturated rings. The van der Waals surface area contributed by atoms with Crippen LogP contribution < -0.4 is 15.6 Å². The van der Waals surface area contributed by atoms with Crippen LogP contribution in [0.1, 0.15) is 19.3 Å². The van der Waals surface area contributed by atoms with Crippen LogP contribution in [0.3, 0.4) is 0 Å². The zero-order valence-corrected chi connectivity index (χ0v) is 11.5. The Morgan fingerprint density at radius 3 is 3.05 bits per heavy atom. The van der Waals surface area contributed by atoms with E-state index in [2.05, 4.69) is 10.3 Å². The van der Waals surface area contributed by atoms with Gasteiger partial charge in [-0.3, -0.25) is 9.78 Å². The van der Waals surface area contributed by atoms with Crippen LogP contribution in [0, 0.1) is 5.92 Å². The van der Waals surface area contributed by atoms with Gasteiger partial charge in [-0.2, -0.15) is 0 Å². The number of pyridine rings is 1. The summed E-state index contributed by atoms with van der Waals surface area (Å²) in [7, 11) is 0. The maximum absolute atomic E-state index is 11.9. The topological polar surface area (TPSA) is 54.1 Å². The summed E-state index contributed by atoms with van der Waals surface area (Å²) in [6.07, 6.45) is 3.55. The summed E-state index contributed by atoms with van der Waals surface area (Å²) in [4.78, 5) is 14.7. The molecule has 3 rings (SSSR count). The first-order valence-corrected chi connectivity index (χ1v) is 7.28. The van der Waals surface area contributed by atoms with Gasteiger partial charge in [0, 0.05) is 11.5 Å². The fourth-order valence-electron chi connectivity index (χ4n) is 2.77. The fourth-order valence-corrected chi connectivity index (χ4v) is 2.77. The highest BCUT2D eigenvalue weighted by Gasteiger charge is 2.12. The number of aromatic nitrogens is 1. The third-order valence-electron chi connectivity index (χ3n) is 3.91. The monoisotopic (exact) mass is 272 g/mol. The lowest BCUT2D eigenvalue weighted by Crippen LogP contribution is -2.30. The molecule has 4 heteroatoms. The van der Waals surface area contributed by atoms with Crippen molar-refractivity contribution in [1.29, 1.82) is 0 Å². The predicted octanol–water partition coefficient (Wildman–Crippen LogP) is 2.30. The maximum Gasteiger partial charge on any atom is 0.258 e. The molecule has 1 aromatic heterocycles. The second-order valence-corrected chi connectivity index (χ2v) is 5.40. The summed E-state index contributed by atoms with van der Waals surface area (Å²) in [6, 6.07) is 9.46. The first kappa shape index (κ1) is 13.2. The van der Waals surface area contributed by atoms with Crippen molar-refractivity contribution in [2.45, 2.75) is 19.3 Å². The number of hydrogen-bond acceptors (Lipinski definition) is 3. The van der Waals surface area contributed by atoms with Gasteiger partial charge in [-0.05, 0) is 49.7 Å². The normalized spacial score (nSPS) is 19.1. The quantitative estimate of drug-likeness (QED) is 0.898. The molecule has 0 spiro atoms. The number of hydrogen-bond donors (Lipinski definition) is 2. The van der Waals surface area contributed by atoms with Gasteiger partial charge in [-0.1, -0.05) is 18.2 Å². The van der Waals surface area contributed by atoms with Gasteiger partial charge in [0.15, 0.2) is 5.88 Å². The van der Waals surface area contributed by atoms with E-state index in [4.69, 9.17) is 4.74 Å². The zero-order valence-electron chi connectivity index (χ0n) is 11.5. The summed E-state index contributed by atoms with van der Waals surface area (Å²) >= 11 is 0. The number of benzene rings is 1. The Morgan fingerprint density at radius 1 is 1.30 bits per heavy atom. The second kappa shape index (κ2) is 6.09. The number of nitrogens with one attached hydrogen (secondary N) is 2. The summed E-state index contributed by atoms with van der Waals surface area (Å²) in [5.41, 5.74) is -0.0857. The molecule has 1 aromatic carbocycles. The number of fused-ring (bicyclic) bond motifs is 1. The Balaban J connectivity index is 1.64. The molecule has 2 N–H and O–H groups in total. The van der Waals surface area contributed by atoms with Crippen molar-refractivity contribution in [3.05, 3.63) is 40.7 Å². The van der Waals surface area contributed by atoms with Crippen LogP contribution in [0.5, 0.6) is 5.88 Å². The molecule has 0 bridgehead atoms. The fraction of sp³-hybridized carbons (Fsp3) is 0.438. The number of aromatic amines is 1. The minimum atomic E-state index is -0.0857. The highest BCUT2D eigenvalue weighted by atomic mass is 16.5. The lowest BCUT2D eigenvalue weighted by molar-refractivity contribution is 0.247. The Kier molecular flexibility index (Phi) is 4.02. The van der Waals surface area contributed by atoms with Gasteiger partial charge in [0.25, 0.3) is 5.56 Å². The third-order valence-corrected chi connectivity index (χ3v) is 3.91. The smallest absolute Gasteiger partial charge is 0.258 e. The van der Waals surface area contributed by atoms with Crippen LogP contribution in [-0.2, 0) is 0 Å². The summed E-state index contributed by atoms with van der Waals surface area (Å²) < 4.78 is 5.71. The molecule has 2 heterocycles. The second-order valence-electron chi connectivity index (χ2n) is 5.40. The number of H-pyrrole nitrogens is 1. The zero-order chi connectivity index (χ0) is 13.8. The molecule has 1 aliphatic rings. The van der Waals surface area contributed by atoms with E-state index >= 15 is 0 Å². The molecule has 4 nitrogen and oxygen atoms in total. The molecule has 0 radical (unpaired) electrons. The van der Waals surface area contributed by atoms with Crippen LogP contribution >= 0.6 is 0 Å². The molecule has 20 heavy (non-hydrogen) atoms. The van der Waals surface area contributed by atoms with E-state index in [1.165, 1.54) is 12.8 Å². The van der Waals surface area contributed by atoms with Crippen molar-refractivity contribution >= 4 is 10.8 Å². The van der Waals surface area contributed by atoms with Crippen molar-refractivity contribution < 1.29 is 4.74 Å². The molecular weight excluding hydrogens is 252 g/mol. The van der Waals surface area contributed by atoms with Crippen molar-refractivity contribution in [1.82, 2.24) is 10.3 Å².